The summed E-state index contributed by atoms with van der Waals surface area (Å²) in [5, 5.41) is 3.20. The van der Waals surface area contributed by atoms with Gasteiger partial charge in [-0.25, -0.2) is 8.78 Å². The van der Waals surface area contributed by atoms with E-state index < -0.39 is 11.6 Å². The summed E-state index contributed by atoms with van der Waals surface area (Å²) in [5.74, 6) is -0.820. The molecule has 1 nitrogen and oxygen atoms in total. The summed E-state index contributed by atoms with van der Waals surface area (Å²) in [4.78, 5) is 0. The summed E-state index contributed by atoms with van der Waals surface area (Å²) in [6.45, 7) is 4.61. The van der Waals surface area contributed by atoms with Crippen LogP contribution < -0.4 is 5.32 Å². The van der Waals surface area contributed by atoms with Gasteiger partial charge in [-0.15, -0.1) is 0 Å². The van der Waals surface area contributed by atoms with Crippen molar-refractivity contribution in [2.75, 3.05) is 6.54 Å². The van der Waals surface area contributed by atoms with Crippen molar-refractivity contribution < 1.29 is 8.78 Å². The molecule has 1 unspecified atom stereocenters. The fourth-order valence-electron chi connectivity index (χ4n) is 2.11. The first-order chi connectivity index (χ1) is 9.11. The lowest BCUT2D eigenvalue weighted by Crippen LogP contribution is -2.23. The van der Waals surface area contributed by atoms with Crippen LogP contribution in [-0.2, 0) is 0 Å². The SMILES string of the molecule is CCNC(c1ccc(C)cc1)c1cc(F)ccc1F. The van der Waals surface area contributed by atoms with E-state index in [2.05, 4.69) is 5.32 Å². The highest BCUT2D eigenvalue weighted by molar-refractivity contribution is 5.34. The largest absolute Gasteiger partial charge is 0.306 e. The van der Waals surface area contributed by atoms with E-state index in [4.69, 9.17) is 0 Å². The number of halogens is 2. The summed E-state index contributed by atoms with van der Waals surface area (Å²) in [6, 6.07) is 11.0. The molecule has 0 aromatic heterocycles. The van der Waals surface area contributed by atoms with Gasteiger partial charge in [-0.05, 0) is 37.2 Å². The highest BCUT2D eigenvalue weighted by atomic mass is 19.1. The van der Waals surface area contributed by atoms with Crippen LogP contribution in [0.3, 0.4) is 0 Å². The molecule has 1 N–H and O–H groups in total. The molecule has 3 heteroatoms. The molecule has 0 spiro atoms. The smallest absolute Gasteiger partial charge is 0.128 e. The van der Waals surface area contributed by atoms with Crippen LogP contribution in [0.2, 0.25) is 0 Å². The fourth-order valence-corrected chi connectivity index (χ4v) is 2.11. The molecular formula is C16H17F2N. The number of rotatable bonds is 4. The Kier molecular flexibility index (Phi) is 4.27. The molecule has 0 amide bonds. The molecule has 2 rings (SSSR count). The molecule has 0 aliphatic rings. The van der Waals surface area contributed by atoms with Crippen molar-refractivity contribution in [2.24, 2.45) is 0 Å². The normalized spacial score (nSPS) is 12.4. The third-order valence-corrected chi connectivity index (χ3v) is 3.09. The second-order valence-electron chi connectivity index (χ2n) is 4.57. The number of hydrogen-bond acceptors (Lipinski definition) is 1. The molecule has 100 valence electrons. The summed E-state index contributed by atoms with van der Waals surface area (Å²) in [6.07, 6.45) is 0. The third-order valence-electron chi connectivity index (χ3n) is 3.09. The first kappa shape index (κ1) is 13.7. The lowest BCUT2D eigenvalue weighted by atomic mass is 9.97. The van der Waals surface area contributed by atoms with Crippen LogP contribution in [0, 0.1) is 18.6 Å². The predicted octanol–water partition coefficient (Wildman–Crippen LogP) is 3.97. The average molecular weight is 261 g/mol. The molecule has 0 bridgehead atoms. The van der Waals surface area contributed by atoms with Gasteiger partial charge in [0.05, 0.1) is 6.04 Å². The van der Waals surface area contributed by atoms with Crippen LogP contribution in [-0.4, -0.2) is 6.54 Å². The lowest BCUT2D eigenvalue weighted by Gasteiger charge is -2.20. The second-order valence-corrected chi connectivity index (χ2v) is 4.57. The van der Waals surface area contributed by atoms with Crippen molar-refractivity contribution in [1.29, 1.82) is 0 Å². The van der Waals surface area contributed by atoms with Crippen LogP contribution in [0.15, 0.2) is 42.5 Å². The van der Waals surface area contributed by atoms with Gasteiger partial charge in [-0.3, -0.25) is 0 Å². The summed E-state index contributed by atoms with van der Waals surface area (Å²) >= 11 is 0. The Balaban J connectivity index is 2.44. The molecular weight excluding hydrogens is 244 g/mol. The van der Waals surface area contributed by atoms with Gasteiger partial charge >= 0.3 is 0 Å². The molecule has 0 aliphatic carbocycles. The molecule has 2 aromatic carbocycles. The van der Waals surface area contributed by atoms with Gasteiger partial charge in [-0.2, -0.15) is 0 Å². The van der Waals surface area contributed by atoms with E-state index in [1.807, 2.05) is 38.1 Å². The maximum Gasteiger partial charge on any atom is 0.128 e. The van der Waals surface area contributed by atoms with E-state index in [1.165, 1.54) is 12.1 Å². The quantitative estimate of drug-likeness (QED) is 0.878. The van der Waals surface area contributed by atoms with E-state index in [9.17, 15) is 8.78 Å². The molecule has 1 atom stereocenters. The van der Waals surface area contributed by atoms with Crippen LogP contribution in [0.1, 0.15) is 29.7 Å². The molecule has 0 heterocycles. The fraction of sp³-hybridized carbons (Fsp3) is 0.250. The Bertz CT molecular complexity index is 549. The van der Waals surface area contributed by atoms with E-state index in [0.29, 0.717) is 12.1 Å². The van der Waals surface area contributed by atoms with E-state index in [1.54, 1.807) is 0 Å². The van der Waals surface area contributed by atoms with Crippen molar-refractivity contribution in [3.63, 3.8) is 0 Å². The van der Waals surface area contributed by atoms with Gasteiger partial charge < -0.3 is 5.32 Å². The summed E-state index contributed by atoms with van der Waals surface area (Å²) in [5.41, 5.74) is 2.40. The topological polar surface area (TPSA) is 12.0 Å². The van der Waals surface area contributed by atoms with E-state index in [0.717, 1.165) is 17.2 Å². The van der Waals surface area contributed by atoms with Crippen molar-refractivity contribution in [2.45, 2.75) is 19.9 Å². The summed E-state index contributed by atoms with van der Waals surface area (Å²) in [7, 11) is 0. The van der Waals surface area contributed by atoms with Gasteiger partial charge in [0, 0.05) is 5.56 Å². The Morgan fingerprint density at radius 3 is 2.37 bits per heavy atom. The van der Waals surface area contributed by atoms with Crippen LogP contribution in [0.25, 0.3) is 0 Å². The Labute approximate surface area is 112 Å². The van der Waals surface area contributed by atoms with Gasteiger partial charge in [-0.1, -0.05) is 36.8 Å². The summed E-state index contributed by atoms with van der Waals surface area (Å²) < 4.78 is 27.2. The molecule has 0 aliphatic heterocycles. The molecule has 19 heavy (non-hydrogen) atoms. The van der Waals surface area contributed by atoms with Crippen LogP contribution in [0.4, 0.5) is 8.78 Å². The first-order valence-electron chi connectivity index (χ1n) is 6.36. The minimum atomic E-state index is -0.425. The number of nitrogens with one attached hydrogen (secondary N) is 1. The molecule has 0 fully saturated rings. The lowest BCUT2D eigenvalue weighted by molar-refractivity contribution is 0.545. The first-order valence-corrected chi connectivity index (χ1v) is 6.36. The number of aryl methyl sites for hydroxylation is 1. The maximum atomic E-state index is 13.9. The zero-order chi connectivity index (χ0) is 13.8. The van der Waals surface area contributed by atoms with E-state index in [-0.39, 0.29) is 6.04 Å². The van der Waals surface area contributed by atoms with Crippen molar-refractivity contribution in [3.05, 3.63) is 70.8 Å². The molecule has 2 aromatic rings. The van der Waals surface area contributed by atoms with Crippen LogP contribution >= 0.6 is 0 Å². The van der Waals surface area contributed by atoms with Crippen molar-refractivity contribution in [3.8, 4) is 0 Å². The Hall–Kier alpha value is -1.74. The van der Waals surface area contributed by atoms with E-state index >= 15 is 0 Å². The molecule has 0 saturated heterocycles. The Morgan fingerprint density at radius 2 is 1.74 bits per heavy atom. The van der Waals surface area contributed by atoms with Crippen molar-refractivity contribution in [1.82, 2.24) is 5.32 Å². The van der Waals surface area contributed by atoms with Crippen LogP contribution in [0.5, 0.6) is 0 Å². The van der Waals surface area contributed by atoms with Gasteiger partial charge in [0.2, 0.25) is 0 Å². The van der Waals surface area contributed by atoms with Gasteiger partial charge in [0.25, 0.3) is 0 Å². The zero-order valence-corrected chi connectivity index (χ0v) is 11.1. The number of hydrogen-bond donors (Lipinski definition) is 1. The van der Waals surface area contributed by atoms with Gasteiger partial charge in [0.1, 0.15) is 11.6 Å². The molecule has 0 saturated carbocycles. The highest BCUT2D eigenvalue weighted by Crippen LogP contribution is 2.25. The van der Waals surface area contributed by atoms with Crippen molar-refractivity contribution >= 4 is 0 Å². The van der Waals surface area contributed by atoms with Gasteiger partial charge in [0.15, 0.2) is 0 Å². The maximum absolute atomic E-state index is 13.9. The predicted molar refractivity (Wildman–Crippen MR) is 73.1 cm³/mol. The Morgan fingerprint density at radius 1 is 1.05 bits per heavy atom. The average Bonchev–Trinajstić information content (AvgIpc) is 2.40. The minimum absolute atomic E-state index is 0.332. The number of benzene rings is 2. The minimum Gasteiger partial charge on any atom is -0.306 e. The zero-order valence-electron chi connectivity index (χ0n) is 11.1. The highest BCUT2D eigenvalue weighted by Gasteiger charge is 2.17. The second kappa shape index (κ2) is 5.93. The molecule has 0 radical (unpaired) electrons. The monoisotopic (exact) mass is 261 g/mol. The third kappa shape index (κ3) is 3.18. The standard InChI is InChI=1S/C16H17F2N/c1-3-19-16(12-6-4-11(2)5-7-12)14-10-13(17)8-9-15(14)18/h4-10,16,19H,3H2,1-2H3.